The molecule has 2 saturated carbocycles. The second kappa shape index (κ2) is 18.0. The second-order valence-corrected chi connectivity index (χ2v) is 27.4. The van der Waals surface area contributed by atoms with E-state index in [2.05, 4.69) is 78.3 Å². The van der Waals surface area contributed by atoms with Gasteiger partial charge in [-0.1, -0.05) is 66.2 Å². The van der Waals surface area contributed by atoms with Crippen LogP contribution in [0, 0.1) is 47.4 Å². The molecule has 268 valence electrons. The largest absolute Gasteiger partial charge is 0.454 e. The van der Waals surface area contributed by atoms with Gasteiger partial charge in [0.1, 0.15) is 13.2 Å². The van der Waals surface area contributed by atoms with Gasteiger partial charge in [-0.25, -0.2) is 0 Å². The lowest BCUT2D eigenvalue weighted by molar-refractivity contribution is -0.154. The maximum atomic E-state index is 7.72. The Morgan fingerprint density at radius 1 is 0.574 bits per heavy atom. The Balaban J connectivity index is 1.17. The van der Waals surface area contributed by atoms with Crippen LogP contribution in [0.25, 0.3) is 0 Å². The molecule has 0 aromatic carbocycles. The maximum Gasteiger partial charge on any atom is 0.182 e. The minimum absolute atomic E-state index is 0.0356. The fraction of sp³-hybridized carbons (Fsp3) is 0.900. The molecule has 8 unspecified atom stereocenters. The van der Waals surface area contributed by atoms with Gasteiger partial charge >= 0.3 is 0 Å². The summed E-state index contributed by atoms with van der Waals surface area (Å²) in [6, 6.07) is 2.58. The van der Waals surface area contributed by atoms with Gasteiger partial charge in [-0.3, -0.25) is 0 Å². The first-order valence-corrected chi connectivity index (χ1v) is 24.6. The van der Waals surface area contributed by atoms with E-state index in [-0.39, 0.29) is 22.7 Å². The summed E-state index contributed by atoms with van der Waals surface area (Å²) in [5, 5.41) is 0.468. The molecule has 0 spiro atoms. The van der Waals surface area contributed by atoms with Crippen molar-refractivity contribution < 1.29 is 23.1 Å². The highest BCUT2D eigenvalue weighted by molar-refractivity contribution is 6.88. The van der Waals surface area contributed by atoms with E-state index < -0.39 is 16.6 Å². The minimum Gasteiger partial charge on any atom is -0.454 e. The summed E-state index contributed by atoms with van der Waals surface area (Å²) in [6.45, 7) is 22.6. The fourth-order valence-corrected chi connectivity index (χ4v) is 17.9. The van der Waals surface area contributed by atoms with E-state index in [1.807, 2.05) is 0 Å². The molecule has 2 heterocycles. The molecule has 4 aliphatic rings. The average Bonchev–Trinajstić information content (AvgIpc) is 3.95. The molecule has 2 saturated heterocycles. The van der Waals surface area contributed by atoms with Crippen LogP contribution in [0.3, 0.4) is 0 Å². The van der Waals surface area contributed by atoms with Crippen LogP contribution >= 0.6 is 0 Å². The van der Waals surface area contributed by atoms with Crippen LogP contribution in [0.2, 0.25) is 35.3 Å². The molecule has 0 N–H and O–H groups in total. The second-order valence-electron chi connectivity index (χ2n) is 17.7. The molecular weight excluding hydrogens is 617 g/mol. The van der Waals surface area contributed by atoms with Gasteiger partial charge in [-0.2, -0.15) is 0 Å². The summed E-state index contributed by atoms with van der Waals surface area (Å²) >= 11 is 0. The molecule has 0 aromatic heterocycles. The van der Waals surface area contributed by atoms with E-state index in [1.165, 1.54) is 63.5 Å². The van der Waals surface area contributed by atoms with Gasteiger partial charge in [0.25, 0.3) is 0 Å². The molecule has 0 bridgehead atoms. The van der Waals surface area contributed by atoms with Gasteiger partial charge in [0, 0.05) is 26.1 Å². The number of hydrogen-bond acceptors (Lipinski definition) is 5. The van der Waals surface area contributed by atoms with Crippen molar-refractivity contribution >= 4 is 16.6 Å². The van der Waals surface area contributed by atoms with Crippen LogP contribution in [-0.4, -0.2) is 55.6 Å². The Morgan fingerprint density at radius 3 is 1.34 bits per heavy atom. The van der Waals surface area contributed by atoms with Crippen molar-refractivity contribution in [3.63, 3.8) is 0 Å². The molecule has 4 fully saturated rings. The van der Waals surface area contributed by atoms with Crippen LogP contribution in [0.15, 0.2) is 0 Å². The van der Waals surface area contributed by atoms with Crippen LogP contribution in [0.5, 0.6) is 0 Å². The quantitative estimate of drug-likeness (QED) is 0.119. The third-order valence-electron chi connectivity index (χ3n) is 12.2. The Labute approximate surface area is 292 Å². The van der Waals surface area contributed by atoms with Crippen molar-refractivity contribution in [2.45, 2.75) is 179 Å². The van der Waals surface area contributed by atoms with Crippen LogP contribution < -0.4 is 0 Å². The molecule has 5 nitrogen and oxygen atoms in total. The summed E-state index contributed by atoms with van der Waals surface area (Å²) in [4.78, 5) is 0. The fourth-order valence-electron chi connectivity index (χ4n) is 7.36. The van der Waals surface area contributed by atoms with Crippen molar-refractivity contribution in [3.8, 4) is 23.7 Å². The smallest absolute Gasteiger partial charge is 0.182 e. The monoisotopic (exact) mass is 686 g/mol. The zero-order valence-corrected chi connectivity index (χ0v) is 33.6. The number of ether oxygens (including phenoxy) is 4. The third-order valence-corrected chi connectivity index (χ3v) is 24.7. The van der Waals surface area contributed by atoms with Crippen molar-refractivity contribution in [3.05, 3.63) is 0 Å². The first-order chi connectivity index (χ1) is 22.3. The first-order valence-electron chi connectivity index (χ1n) is 19.4. The minimum atomic E-state index is -1.96. The topological polar surface area (TPSA) is 46.2 Å². The SMILES string of the molecule is CC(C)(C)[Si](C)(CCC1CC1CCC#CCOC1CCCCO1)O[Si](C)(CCC1CC1CCC#CCOC1CCCCO1)C(C)(C)C. The standard InChI is InChI=1S/C40H70O5Si2/c1-39(2,3)46(7,29-23-35-31-33(35)19-11-9-15-25-41-37-21-13-17-27-43-37)45-47(8,40(4,5)6)30-24-36-32-34(36)20-12-10-16-26-42-38-22-14-18-28-44-38/h33-38H,11-14,17-32H2,1-8H3. The summed E-state index contributed by atoms with van der Waals surface area (Å²) in [6.07, 6.45) is 16.5. The van der Waals surface area contributed by atoms with Crippen molar-refractivity contribution in [1.82, 2.24) is 0 Å². The number of hydrogen-bond donors (Lipinski definition) is 0. The normalized spacial score (nSPS) is 30.2. The molecule has 2 aliphatic heterocycles. The lowest BCUT2D eigenvalue weighted by Gasteiger charge is -2.50. The third kappa shape index (κ3) is 12.9. The van der Waals surface area contributed by atoms with E-state index >= 15 is 0 Å². The highest BCUT2D eigenvalue weighted by Gasteiger charge is 2.53. The molecular formula is C40H70O5Si2. The predicted octanol–water partition coefficient (Wildman–Crippen LogP) is 10.5. The number of rotatable bonds is 16. The van der Waals surface area contributed by atoms with Gasteiger partial charge in [0.05, 0.1) is 0 Å². The summed E-state index contributed by atoms with van der Waals surface area (Å²) < 4.78 is 30.5. The van der Waals surface area contributed by atoms with E-state index in [9.17, 15) is 0 Å². The lowest BCUT2D eigenvalue weighted by Crippen LogP contribution is -2.57. The zero-order valence-electron chi connectivity index (χ0n) is 31.6. The molecule has 0 aromatic rings. The van der Waals surface area contributed by atoms with Crippen molar-refractivity contribution in [2.75, 3.05) is 26.4 Å². The Hall–Kier alpha value is -0.646. The van der Waals surface area contributed by atoms with Crippen molar-refractivity contribution in [2.24, 2.45) is 23.7 Å². The van der Waals surface area contributed by atoms with Gasteiger partial charge in [0.15, 0.2) is 29.2 Å². The van der Waals surface area contributed by atoms with E-state index in [1.54, 1.807) is 0 Å². The molecule has 8 atom stereocenters. The van der Waals surface area contributed by atoms with Crippen LogP contribution in [-0.2, 0) is 23.1 Å². The maximum absolute atomic E-state index is 7.72. The first kappa shape index (κ1) is 39.1. The van der Waals surface area contributed by atoms with Gasteiger partial charge in [0.2, 0.25) is 0 Å². The van der Waals surface area contributed by atoms with Crippen LogP contribution in [0.4, 0.5) is 0 Å². The zero-order chi connectivity index (χ0) is 34.0. The highest BCUT2D eigenvalue weighted by Crippen LogP contribution is 2.54. The molecule has 4 rings (SSSR count). The van der Waals surface area contributed by atoms with Gasteiger partial charge < -0.3 is 23.1 Å². The Kier molecular flexibility index (Phi) is 15.0. The average molecular weight is 687 g/mol. The van der Waals surface area contributed by atoms with E-state index in [0.29, 0.717) is 13.2 Å². The lowest BCUT2D eigenvalue weighted by atomic mass is 10.1. The van der Waals surface area contributed by atoms with Crippen molar-refractivity contribution in [1.29, 1.82) is 0 Å². The molecule has 7 heteroatoms. The molecule has 47 heavy (non-hydrogen) atoms. The van der Waals surface area contributed by atoms with E-state index in [0.717, 1.165) is 75.4 Å². The van der Waals surface area contributed by atoms with E-state index in [4.69, 9.17) is 23.1 Å². The molecule has 0 radical (unpaired) electrons. The summed E-state index contributed by atoms with van der Waals surface area (Å²) in [5.74, 6) is 16.6. The van der Waals surface area contributed by atoms with Crippen LogP contribution in [0.1, 0.15) is 131 Å². The summed E-state index contributed by atoms with van der Waals surface area (Å²) in [5.41, 5.74) is 0. The Bertz CT molecular complexity index is 981. The van der Waals surface area contributed by atoms with Gasteiger partial charge in [-0.15, -0.1) is 11.8 Å². The molecule has 2 aliphatic carbocycles. The Morgan fingerprint density at radius 2 is 0.979 bits per heavy atom. The van der Waals surface area contributed by atoms with Gasteiger partial charge in [-0.05, 0) is 123 Å². The predicted molar refractivity (Wildman–Crippen MR) is 199 cm³/mol. The molecule has 0 amide bonds. The highest BCUT2D eigenvalue weighted by atomic mass is 28.4. The summed E-state index contributed by atoms with van der Waals surface area (Å²) in [7, 11) is -3.93.